The van der Waals surface area contributed by atoms with Crippen LogP contribution in [0.5, 0.6) is 0 Å². The average molecular weight is 162 g/mol. The minimum Gasteiger partial charge on any atom is -0.369 e. The first-order valence-electron chi connectivity index (χ1n) is 3.22. The summed E-state index contributed by atoms with van der Waals surface area (Å²) in [6.45, 7) is 4.35. The van der Waals surface area contributed by atoms with Crippen LogP contribution in [0.3, 0.4) is 0 Å². The first-order chi connectivity index (χ1) is 4.57. The van der Waals surface area contributed by atoms with Crippen LogP contribution in [0.15, 0.2) is 0 Å². The molecular weight excluding hydrogens is 148 g/mol. The van der Waals surface area contributed by atoms with Crippen molar-refractivity contribution in [2.45, 2.75) is 24.3 Å². The van der Waals surface area contributed by atoms with Crippen molar-refractivity contribution in [3.63, 3.8) is 0 Å². The standard InChI is InChI=1S/C6H14N2OS/c1-4(3-7)10-5(2)6(8)9/h4-5H,3,7H2,1-2H3,(H2,8,9). The second kappa shape index (κ2) is 4.57. The van der Waals surface area contributed by atoms with E-state index in [0.29, 0.717) is 11.8 Å². The molecule has 0 spiro atoms. The number of hydrogen-bond acceptors (Lipinski definition) is 3. The van der Waals surface area contributed by atoms with E-state index in [-0.39, 0.29) is 11.2 Å². The molecule has 10 heavy (non-hydrogen) atoms. The zero-order valence-electron chi connectivity index (χ0n) is 6.33. The Kier molecular flexibility index (Phi) is 4.47. The van der Waals surface area contributed by atoms with Crippen molar-refractivity contribution in [3.05, 3.63) is 0 Å². The number of amides is 1. The number of nitrogens with two attached hydrogens (primary N) is 2. The summed E-state index contributed by atoms with van der Waals surface area (Å²) in [5, 5.41) is 0.182. The van der Waals surface area contributed by atoms with Gasteiger partial charge in [0.25, 0.3) is 0 Å². The summed E-state index contributed by atoms with van der Waals surface area (Å²) in [7, 11) is 0. The highest BCUT2D eigenvalue weighted by atomic mass is 32.2. The van der Waals surface area contributed by atoms with Crippen LogP contribution in [0.2, 0.25) is 0 Å². The molecule has 0 rings (SSSR count). The first-order valence-corrected chi connectivity index (χ1v) is 4.17. The Bertz CT molecular complexity index is 118. The minimum atomic E-state index is -0.273. The molecule has 3 nitrogen and oxygen atoms in total. The summed E-state index contributed by atoms with van der Waals surface area (Å²) in [4.78, 5) is 10.5. The van der Waals surface area contributed by atoms with E-state index >= 15 is 0 Å². The van der Waals surface area contributed by atoms with E-state index in [1.807, 2.05) is 6.92 Å². The maximum absolute atomic E-state index is 10.5. The predicted molar refractivity (Wildman–Crippen MR) is 44.8 cm³/mol. The Hall–Kier alpha value is -0.220. The van der Waals surface area contributed by atoms with Crippen LogP contribution in [0, 0.1) is 0 Å². The van der Waals surface area contributed by atoms with Crippen LogP contribution in [0.4, 0.5) is 0 Å². The van der Waals surface area contributed by atoms with Crippen molar-refractivity contribution < 1.29 is 4.79 Å². The fourth-order valence-corrected chi connectivity index (χ4v) is 1.41. The lowest BCUT2D eigenvalue weighted by Gasteiger charge is -2.11. The van der Waals surface area contributed by atoms with Crippen molar-refractivity contribution in [3.8, 4) is 0 Å². The fourth-order valence-electron chi connectivity index (χ4n) is 0.471. The largest absolute Gasteiger partial charge is 0.369 e. The highest BCUT2D eigenvalue weighted by molar-refractivity contribution is 8.01. The Morgan fingerprint density at radius 2 is 2.10 bits per heavy atom. The molecule has 2 unspecified atom stereocenters. The molecule has 0 saturated carbocycles. The summed E-state index contributed by atoms with van der Waals surface area (Å²) in [6.07, 6.45) is 0. The van der Waals surface area contributed by atoms with E-state index in [2.05, 4.69) is 0 Å². The minimum absolute atomic E-state index is 0.126. The SMILES string of the molecule is CC(CN)SC(C)C(N)=O. The Morgan fingerprint density at radius 1 is 1.60 bits per heavy atom. The van der Waals surface area contributed by atoms with Crippen LogP contribution in [-0.4, -0.2) is 23.0 Å². The second-order valence-electron chi connectivity index (χ2n) is 2.23. The van der Waals surface area contributed by atoms with Crippen molar-refractivity contribution in [2.75, 3.05) is 6.54 Å². The molecule has 0 heterocycles. The Labute approximate surface area is 65.5 Å². The molecule has 2 atom stereocenters. The molecule has 0 aliphatic heterocycles. The predicted octanol–water partition coefficient (Wildman–Crippen LogP) is -0.0594. The van der Waals surface area contributed by atoms with E-state index < -0.39 is 0 Å². The van der Waals surface area contributed by atoms with Gasteiger partial charge in [0.15, 0.2) is 0 Å². The third-order valence-corrected chi connectivity index (χ3v) is 2.47. The lowest BCUT2D eigenvalue weighted by molar-refractivity contribution is -0.117. The van der Waals surface area contributed by atoms with E-state index in [1.54, 1.807) is 6.92 Å². The molecular formula is C6H14N2OS. The van der Waals surface area contributed by atoms with Gasteiger partial charge in [0.05, 0.1) is 5.25 Å². The third-order valence-electron chi connectivity index (χ3n) is 1.17. The second-order valence-corrected chi connectivity index (χ2v) is 4.01. The number of thioether (sulfide) groups is 1. The highest BCUT2D eigenvalue weighted by Gasteiger charge is 2.11. The summed E-state index contributed by atoms with van der Waals surface area (Å²) >= 11 is 1.51. The molecule has 4 heteroatoms. The molecule has 0 bridgehead atoms. The first kappa shape index (κ1) is 9.78. The Balaban J connectivity index is 3.56. The zero-order chi connectivity index (χ0) is 8.15. The lowest BCUT2D eigenvalue weighted by Crippen LogP contribution is -2.26. The van der Waals surface area contributed by atoms with Crippen LogP contribution in [0.25, 0.3) is 0 Å². The maximum atomic E-state index is 10.5. The monoisotopic (exact) mass is 162 g/mol. The van der Waals surface area contributed by atoms with Crippen molar-refractivity contribution in [1.82, 2.24) is 0 Å². The van der Waals surface area contributed by atoms with Crippen molar-refractivity contribution in [1.29, 1.82) is 0 Å². The van der Waals surface area contributed by atoms with Crippen molar-refractivity contribution >= 4 is 17.7 Å². The van der Waals surface area contributed by atoms with E-state index in [9.17, 15) is 4.79 Å². The van der Waals surface area contributed by atoms with Gasteiger partial charge in [-0.2, -0.15) is 0 Å². The number of carbonyl (C=O) groups is 1. The zero-order valence-corrected chi connectivity index (χ0v) is 7.15. The lowest BCUT2D eigenvalue weighted by atomic mass is 10.5. The normalized spacial score (nSPS) is 16.3. The van der Waals surface area contributed by atoms with E-state index in [0.717, 1.165) is 0 Å². The molecule has 0 aromatic heterocycles. The van der Waals surface area contributed by atoms with Gasteiger partial charge in [0.2, 0.25) is 5.91 Å². The summed E-state index contributed by atoms with van der Waals surface area (Å²) < 4.78 is 0. The van der Waals surface area contributed by atoms with Gasteiger partial charge in [-0.05, 0) is 6.92 Å². The highest BCUT2D eigenvalue weighted by Crippen LogP contribution is 2.15. The quantitative estimate of drug-likeness (QED) is 0.608. The summed E-state index contributed by atoms with van der Waals surface area (Å²) in [6, 6.07) is 0. The molecule has 0 aliphatic rings. The van der Waals surface area contributed by atoms with Gasteiger partial charge in [-0.3, -0.25) is 4.79 Å². The van der Waals surface area contributed by atoms with Crippen LogP contribution >= 0.6 is 11.8 Å². The summed E-state index contributed by atoms with van der Waals surface area (Å²) in [5.41, 5.74) is 10.4. The summed E-state index contributed by atoms with van der Waals surface area (Å²) in [5.74, 6) is -0.273. The van der Waals surface area contributed by atoms with Gasteiger partial charge in [0, 0.05) is 11.8 Å². The van der Waals surface area contributed by atoms with Crippen LogP contribution in [-0.2, 0) is 4.79 Å². The van der Waals surface area contributed by atoms with Gasteiger partial charge in [-0.15, -0.1) is 11.8 Å². The van der Waals surface area contributed by atoms with Gasteiger partial charge >= 0.3 is 0 Å². The Morgan fingerprint density at radius 3 is 2.40 bits per heavy atom. The molecule has 0 saturated heterocycles. The molecule has 60 valence electrons. The smallest absolute Gasteiger partial charge is 0.230 e. The average Bonchev–Trinajstić information content (AvgIpc) is 1.87. The van der Waals surface area contributed by atoms with Gasteiger partial charge in [-0.25, -0.2) is 0 Å². The maximum Gasteiger partial charge on any atom is 0.230 e. The molecule has 4 N–H and O–H groups in total. The van der Waals surface area contributed by atoms with Gasteiger partial charge in [0.1, 0.15) is 0 Å². The number of carbonyl (C=O) groups excluding carboxylic acids is 1. The van der Waals surface area contributed by atoms with Gasteiger partial charge in [-0.1, -0.05) is 6.92 Å². The van der Waals surface area contributed by atoms with Crippen LogP contribution < -0.4 is 11.5 Å². The molecule has 0 radical (unpaired) electrons. The molecule has 0 aromatic rings. The third kappa shape index (κ3) is 3.74. The molecule has 0 fully saturated rings. The molecule has 1 amide bonds. The number of rotatable bonds is 4. The van der Waals surface area contributed by atoms with Crippen LogP contribution in [0.1, 0.15) is 13.8 Å². The van der Waals surface area contributed by atoms with E-state index in [1.165, 1.54) is 11.8 Å². The fraction of sp³-hybridized carbons (Fsp3) is 0.833. The van der Waals surface area contributed by atoms with Gasteiger partial charge < -0.3 is 11.5 Å². The molecule has 0 aromatic carbocycles. The van der Waals surface area contributed by atoms with E-state index in [4.69, 9.17) is 11.5 Å². The molecule has 0 aliphatic carbocycles. The number of primary amides is 1. The topological polar surface area (TPSA) is 69.1 Å². The number of hydrogen-bond donors (Lipinski definition) is 2. The van der Waals surface area contributed by atoms with Crippen molar-refractivity contribution in [2.24, 2.45) is 11.5 Å².